The van der Waals surface area contributed by atoms with E-state index in [1.807, 2.05) is 0 Å². The van der Waals surface area contributed by atoms with Gasteiger partial charge >= 0.3 is 6.01 Å². The molecular formula is C38H44N3O3S+. The molecule has 0 aliphatic rings. The van der Waals surface area contributed by atoms with Crippen molar-refractivity contribution in [2.24, 2.45) is 0 Å². The Morgan fingerprint density at radius 3 is 1.87 bits per heavy atom. The van der Waals surface area contributed by atoms with Crippen LogP contribution in [0.4, 0.5) is 0 Å². The summed E-state index contributed by atoms with van der Waals surface area (Å²) in [6.07, 6.45) is 7.40. The van der Waals surface area contributed by atoms with Crippen molar-refractivity contribution in [3.8, 4) is 23.1 Å². The van der Waals surface area contributed by atoms with Crippen LogP contribution in [-0.2, 0) is 9.84 Å². The average Bonchev–Trinajstić information content (AvgIpc) is 3.42. The number of rotatable bonds is 10. The minimum Gasteiger partial charge on any atom is -0.390 e. The topological polar surface area (TPSA) is 65.1 Å². The lowest BCUT2D eigenvalue weighted by Gasteiger charge is -2.20. The summed E-state index contributed by atoms with van der Waals surface area (Å²) in [6, 6.07) is 18.8. The van der Waals surface area contributed by atoms with Crippen LogP contribution >= 0.6 is 0 Å². The second-order valence-corrected chi connectivity index (χ2v) is 14.7. The van der Waals surface area contributed by atoms with Crippen molar-refractivity contribution < 1.29 is 17.7 Å². The first-order chi connectivity index (χ1) is 21.4. The number of benzene rings is 3. The lowest BCUT2D eigenvalue weighted by atomic mass is 9.92. The monoisotopic (exact) mass is 622 g/mol. The Hall–Kier alpha value is -4.23. The fourth-order valence-electron chi connectivity index (χ4n) is 6.06. The normalized spacial score (nSPS) is 12.2. The number of hydrogen-bond donors (Lipinski definition) is 0. The third-order valence-corrected chi connectivity index (χ3v) is 9.82. The Labute approximate surface area is 268 Å². The fraction of sp³-hybridized carbons (Fsp3) is 0.316. The smallest absolute Gasteiger partial charge is 0.390 e. The van der Waals surface area contributed by atoms with Crippen LogP contribution in [0.2, 0.25) is 0 Å². The molecule has 2 heterocycles. The first kappa shape index (κ1) is 32.2. The van der Waals surface area contributed by atoms with Gasteiger partial charge in [0.2, 0.25) is 0 Å². The highest BCUT2D eigenvalue weighted by molar-refractivity contribution is 7.94. The summed E-state index contributed by atoms with van der Waals surface area (Å²) in [4.78, 5) is 4.40. The van der Waals surface area contributed by atoms with E-state index in [0.717, 1.165) is 16.8 Å². The van der Waals surface area contributed by atoms with Crippen LogP contribution in [0, 0.1) is 0 Å². The third-order valence-electron chi connectivity index (χ3n) is 8.41. The largest absolute Gasteiger partial charge is 0.472 e. The molecule has 45 heavy (non-hydrogen) atoms. The Kier molecular flexibility index (Phi) is 9.04. The number of hydrogen-bond acceptors (Lipinski definition) is 4. The zero-order chi connectivity index (χ0) is 32.6. The molecule has 0 fully saturated rings. The van der Waals surface area contributed by atoms with Gasteiger partial charge in [-0.05, 0) is 41.9 Å². The highest BCUT2D eigenvalue weighted by atomic mass is 32.2. The van der Waals surface area contributed by atoms with E-state index in [9.17, 15) is 8.42 Å². The summed E-state index contributed by atoms with van der Waals surface area (Å²) in [6.45, 7) is 21.2. The SMILES string of the molecule is C=CS(=O)(=O)c1ccc(Oc2n(-c3c(C(C)C)cccc3C(C)C)cc[n+]2-c2c(C(C)C)cccc2C(C)C)c2ccncc12. The van der Waals surface area contributed by atoms with Gasteiger partial charge in [-0.15, -0.1) is 0 Å². The molecule has 0 amide bonds. The highest BCUT2D eigenvalue weighted by Crippen LogP contribution is 2.38. The Bertz CT molecular complexity index is 1850. The first-order valence-corrected chi connectivity index (χ1v) is 17.2. The van der Waals surface area contributed by atoms with Gasteiger partial charge in [0.05, 0.1) is 4.90 Å². The quantitative estimate of drug-likeness (QED) is 0.146. The zero-order valence-electron chi connectivity index (χ0n) is 27.6. The molecule has 6 nitrogen and oxygen atoms in total. The van der Waals surface area contributed by atoms with Gasteiger partial charge in [0.1, 0.15) is 29.5 Å². The van der Waals surface area contributed by atoms with Crippen molar-refractivity contribution in [2.75, 3.05) is 0 Å². The van der Waals surface area contributed by atoms with Gasteiger partial charge in [0.15, 0.2) is 9.84 Å². The fourth-order valence-corrected chi connectivity index (χ4v) is 6.96. The summed E-state index contributed by atoms with van der Waals surface area (Å²) in [5, 5.41) is 2.10. The summed E-state index contributed by atoms with van der Waals surface area (Å²) in [5.41, 5.74) is 7.07. The van der Waals surface area contributed by atoms with Crippen molar-refractivity contribution >= 4 is 20.6 Å². The molecule has 3 aromatic carbocycles. The van der Waals surface area contributed by atoms with E-state index in [0.29, 0.717) is 22.5 Å². The molecule has 0 atom stereocenters. The Morgan fingerprint density at radius 1 is 0.778 bits per heavy atom. The number of nitrogens with zero attached hydrogens (tertiary/aromatic N) is 3. The second kappa shape index (κ2) is 12.6. The maximum atomic E-state index is 12.9. The second-order valence-electron chi connectivity index (χ2n) is 12.8. The van der Waals surface area contributed by atoms with Crippen LogP contribution in [0.5, 0.6) is 11.8 Å². The number of imidazole rings is 1. The van der Waals surface area contributed by atoms with Crippen LogP contribution < -0.4 is 9.30 Å². The van der Waals surface area contributed by atoms with Gasteiger partial charge < -0.3 is 4.74 Å². The van der Waals surface area contributed by atoms with Gasteiger partial charge in [0.25, 0.3) is 0 Å². The molecule has 5 rings (SSSR count). The predicted molar refractivity (Wildman–Crippen MR) is 183 cm³/mol. The number of para-hydroxylation sites is 2. The standard InChI is InChI=1S/C38H44N3O3S/c1-10-45(42,43)35-18-17-34(32-19-20-39-23-33(32)35)44-38-40(36-28(24(2)3)13-11-14-29(36)25(4)5)21-22-41(38)37-30(26(6)7)15-12-16-31(37)27(8)9/h10-27H,1H2,2-9H3/q+1. The van der Waals surface area contributed by atoms with E-state index in [-0.39, 0.29) is 28.6 Å². The molecule has 0 bridgehead atoms. The number of pyridine rings is 1. The van der Waals surface area contributed by atoms with E-state index >= 15 is 0 Å². The lowest BCUT2D eigenvalue weighted by molar-refractivity contribution is -0.602. The molecule has 0 saturated heterocycles. The molecular weight excluding hydrogens is 579 g/mol. The maximum absolute atomic E-state index is 12.9. The van der Waals surface area contributed by atoms with Crippen LogP contribution in [0.15, 0.2) is 96.3 Å². The van der Waals surface area contributed by atoms with Crippen molar-refractivity contribution in [3.05, 3.63) is 114 Å². The number of sulfone groups is 1. The van der Waals surface area contributed by atoms with Gasteiger partial charge in [0, 0.05) is 50.8 Å². The van der Waals surface area contributed by atoms with Crippen molar-refractivity contribution in [1.29, 1.82) is 0 Å². The molecule has 0 spiro atoms. The predicted octanol–water partition coefficient (Wildman–Crippen LogP) is 9.51. The summed E-state index contributed by atoms with van der Waals surface area (Å²) < 4.78 is 37.2. The summed E-state index contributed by atoms with van der Waals surface area (Å²) in [5.74, 6) is 1.61. The van der Waals surface area contributed by atoms with Crippen LogP contribution in [-0.4, -0.2) is 18.0 Å². The van der Waals surface area contributed by atoms with Gasteiger partial charge in [-0.2, -0.15) is 9.13 Å². The molecule has 5 aromatic rings. The first-order valence-electron chi connectivity index (χ1n) is 15.7. The van der Waals surface area contributed by atoms with Crippen LogP contribution in [0.3, 0.4) is 0 Å². The molecule has 2 aromatic heterocycles. The third kappa shape index (κ3) is 5.94. The number of ether oxygens (including phenoxy) is 1. The van der Waals surface area contributed by atoms with Gasteiger partial charge in [-0.25, -0.2) is 8.42 Å². The van der Waals surface area contributed by atoms with Gasteiger partial charge in [-0.1, -0.05) is 98.4 Å². The van der Waals surface area contributed by atoms with Crippen molar-refractivity contribution in [3.63, 3.8) is 0 Å². The highest BCUT2D eigenvalue weighted by Gasteiger charge is 2.32. The molecule has 7 heteroatoms. The Balaban J connectivity index is 1.89. The van der Waals surface area contributed by atoms with Crippen LogP contribution in [0.25, 0.3) is 22.1 Å². The molecule has 0 aliphatic heterocycles. The molecule has 0 N–H and O–H groups in total. The molecule has 234 valence electrons. The average molecular weight is 623 g/mol. The molecule has 0 radical (unpaired) electrons. The number of fused-ring (bicyclic) bond motifs is 1. The molecule has 0 unspecified atom stereocenters. The molecule has 0 saturated carbocycles. The lowest BCUT2D eigenvalue weighted by Crippen LogP contribution is -2.34. The van der Waals surface area contributed by atoms with E-state index in [2.05, 4.69) is 125 Å². The van der Waals surface area contributed by atoms with E-state index in [1.165, 1.54) is 22.3 Å². The minimum absolute atomic E-state index is 0.149. The summed E-state index contributed by atoms with van der Waals surface area (Å²) in [7, 11) is -3.71. The van der Waals surface area contributed by atoms with E-state index in [4.69, 9.17) is 4.74 Å². The van der Waals surface area contributed by atoms with E-state index < -0.39 is 9.84 Å². The van der Waals surface area contributed by atoms with Crippen molar-refractivity contribution in [2.45, 2.75) is 84.0 Å². The minimum atomic E-state index is -3.71. The van der Waals surface area contributed by atoms with Gasteiger partial charge in [-0.3, -0.25) is 4.98 Å². The van der Waals surface area contributed by atoms with Crippen molar-refractivity contribution in [1.82, 2.24) is 9.55 Å². The Morgan fingerprint density at radius 2 is 1.33 bits per heavy atom. The summed E-state index contributed by atoms with van der Waals surface area (Å²) >= 11 is 0. The number of aromatic nitrogens is 3. The zero-order valence-corrected chi connectivity index (χ0v) is 28.4. The van der Waals surface area contributed by atoms with Crippen LogP contribution in [0.1, 0.15) is 101 Å². The maximum Gasteiger partial charge on any atom is 0.472 e. The van der Waals surface area contributed by atoms with E-state index in [1.54, 1.807) is 30.6 Å². The molecule has 0 aliphatic carbocycles.